The SMILES string of the molecule is CC(c1ccccc1Br)N1CC(CC(=O)O)C1. The van der Waals surface area contributed by atoms with Gasteiger partial charge < -0.3 is 5.11 Å². The fourth-order valence-electron chi connectivity index (χ4n) is 2.31. The van der Waals surface area contributed by atoms with Crippen LogP contribution in [0, 0.1) is 5.92 Å². The molecule has 17 heavy (non-hydrogen) atoms. The maximum Gasteiger partial charge on any atom is 0.303 e. The molecule has 0 aliphatic carbocycles. The standard InChI is InChI=1S/C13H16BrNO2/c1-9(11-4-2-3-5-12(11)14)15-7-10(8-15)6-13(16)17/h2-5,9-10H,6-8H2,1H3,(H,16,17). The van der Waals surface area contributed by atoms with E-state index in [0.717, 1.165) is 17.6 Å². The van der Waals surface area contributed by atoms with Crippen molar-refractivity contribution in [3.05, 3.63) is 34.3 Å². The van der Waals surface area contributed by atoms with E-state index >= 15 is 0 Å². The molecule has 1 atom stereocenters. The van der Waals surface area contributed by atoms with Crippen molar-refractivity contribution in [1.29, 1.82) is 0 Å². The smallest absolute Gasteiger partial charge is 0.303 e. The van der Waals surface area contributed by atoms with Gasteiger partial charge in [-0.05, 0) is 24.5 Å². The molecule has 1 aliphatic heterocycles. The predicted octanol–water partition coefficient (Wildman–Crippen LogP) is 2.92. The molecule has 1 aromatic carbocycles. The van der Waals surface area contributed by atoms with Crippen LogP contribution in [0.4, 0.5) is 0 Å². The van der Waals surface area contributed by atoms with Crippen molar-refractivity contribution >= 4 is 21.9 Å². The summed E-state index contributed by atoms with van der Waals surface area (Å²) in [5.41, 5.74) is 1.27. The third kappa shape index (κ3) is 2.87. The highest BCUT2D eigenvalue weighted by Crippen LogP contribution is 2.33. The number of halogens is 1. The van der Waals surface area contributed by atoms with E-state index in [-0.39, 0.29) is 0 Å². The maximum absolute atomic E-state index is 10.6. The second-order valence-electron chi connectivity index (χ2n) is 4.62. The van der Waals surface area contributed by atoms with E-state index in [1.807, 2.05) is 18.2 Å². The molecule has 2 rings (SSSR count). The lowest BCUT2D eigenvalue weighted by Crippen LogP contribution is -2.48. The Hall–Kier alpha value is -0.870. The van der Waals surface area contributed by atoms with E-state index in [0.29, 0.717) is 18.4 Å². The number of hydrogen-bond acceptors (Lipinski definition) is 2. The first-order chi connectivity index (χ1) is 8.08. The van der Waals surface area contributed by atoms with Gasteiger partial charge in [-0.15, -0.1) is 0 Å². The lowest BCUT2D eigenvalue weighted by Gasteiger charge is -2.43. The Bertz CT molecular complexity index is 416. The molecule has 0 saturated carbocycles. The predicted molar refractivity (Wildman–Crippen MR) is 69.9 cm³/mol. The highest BCUT2D eigenvalue weighted by Gasteiger charge is 2.32. The first-order valence-corrected chi connectivity index (χ1v) is 6.57. The summed E-state index contributed by atoms with van der Waals surface area (Å²) in [5.74, 6) is -0.374. The Morgan fingerprint density at radius 2 is 2.18 bits per heavy atom. The van der Waals surface area contributed by atoms with E-state index in [1.165, 1.54) is 5.56 Å². The van der Waals surface area contributed by atoms with Gasteiger partial charge in [0.25, 0.3) is 0 Å². The summed E-state index contributed by atoms with van der Waals surface area (Å²) in [5, 5.41) is 8.71. The van der Waals surface area contributed by atoms with Crippen molar-refractivity contribution in [1.82, 2.24) is 4.90 Å². The number of aliphatic carboxylic acids is 1. The van der Waals surface area contributed by atoms with Crippen molar-refractivity contribution in [3.63, 3.8) is 0 Å². The summed E-state index contributed by atoms with van der Waals surface area (Å²) in [4.78, 5) is 12.9. The molecule has 1 fully saturated rings. The van der Waals surface area contributed by atoms with Crippen molar-refractivity contribution in [3.8, 4) is 0 Å². The number of carboxylic acid groups (broad SMARTS) is 1. The number of benzene rings is 1. The van der Waals surface area contributed by atoms with Gasteiger partial charge in [-0.3, -0.25) is 9.69 Å². The van der Waals surface area contributed by atoms with Crippen molar-refractivity contribution in [2.45, 2.75) is 19.4 Å². The van der Waals surface area contributed by atoms with E-state index in [4.69, 9.17) is 5.11 Å². The number of likely N-dealkylation sites (tertiary alicyclic amines) is 1. The summed E-state index contributed by atoms with van der Waals surface area (Å²) in [6.07, 6.45) is 0.291. The molecular weight excluding hydrogens is 282 g/mol. The molecule has 92 valence electrons. The summed E-state index contributed by atoms with van der Waals surface area (Å²) in [7, 11) is 0. The zero-order valence-electron chi connectivity index (χ0n) is 9.77. The van der Waals surface area contributed by atoms with Crippen LogP contribution in [0.25, 0.3) is 0 Å². The minimum absolute atomic E-state index is 0.291. The zero-order valence-corrected chi connectivity index (χ0v) is 11.4. The van der Waals surface area contributed by atoms with E-state index in [1.54, 1.807) is 0 Å². The van der Waals surface area contributed by atoms with Gasteiger partial charge in [0.05, 0.1) is 6.42 Å². The van der Waals surface area contributed by atoms with Gasteiger partial charge in [-0.25, -0.2) is 0 Å². The van der Waals surface area contributed by atoms with Crippen LogP contribution in [0.2, 0.25) is 0 Å². The summed E-state index contributed by atoms with van der Waals surface area (Å²) in [6.45, 7) is 3.93. The van der Waals surface area contributed by atoms with E-state index in [2.05, 4.69) is 33.8 Å². The van der Waals surface area contributed by atoms with Gasteiger partial charge >= 0.3 is 5.97 Å². The van der Waals surface area contributed by atoms with Crippen LogP contribution in [0.1, 0.15) is 24.9 Å². The first kappa shape index (κ1) is 12.6. The van der Waals surface area contributed by atoms with E-state index < -0.39 is 5.97 Å². The van der Waals surface area contributed by atoms with Gasteiger partial charge in [0.2, 0.25) is 0 Å². The zero-order chi connectivity index (χ0) is 12.4. The Kier molecular flexibility index (Phi) is 3.84. The number of carbonyl (C=O) groups is 1. The van der Waals surface area contributed by atoms with Crippen molar-refractivity contribution in [2.24, 2.45) is 5.92 Å². The molecule has 0 aromatic heterocycles. The lowest BCUT2D eigenvalue weighted by atomic mass is 9.92. The summed E-state index contributed by atoms with van der Waals surface area (Å²) >= 11 is 3.55. The highest BCUT2D eigenvalue weighted by atomic mass is 79.9. The molecule has 1 unspecified atom stereocenters. The molecular formula is C13H16BrNO2. The summed E-state index contributed by atoms with van der Waals surface area (Å²) < 4.78 is 1.12. The van der Waals surface area contributed by atoms with Gasteiger partial charge in [0, 0.05) is 23.6 Å². The van der Waals surface area contributed by atoms with Crippen molar-refractivity contribution in [2.75, 3.05) is 13.1 Å². The molecule has 0 bridgehead atoms. The maximum atomic E-state index is 10.6. The molecule has 1 aliphatic rings. The summed E-state index contributed by atoms with van der Waals surface area (Å²) in [6, 6.07) is 8.53. The van der Waals surface area contributed by atoms with Crippen molar-refractivity contribution < 1.29 is 9.90 Å². The molecule has 1 saturated heterocycles. The minimum atomic E-state index is -0.691. The minimum Gasteiger partial charge on any atom is -0.481 e. The van der Waals surface area contributed by atoms with Crippen LogP contribution in [-0.4, -0.2) is 29.1 Å². The van der Waals surface area contributed by atoms with Gasteiger partial charge in [0.1, 0.15) is 0 Å². The largest absolute Gasteiger partial charge is 0.481 e. The topological polar surface area (TPSA) is 40.5 Å². The van der Waals surface area contributed by atoms with Gasteiger partial charge in [-0.2, -0.15) is 0 Å². The number of hydrogen-bond donors (Lipinski definition) is 1. The van der Waals surface area contributed by atoms with Crippen LogP contribution in [0.5, 0.6) is 0 Å². The number of nitrogens with zero attached hydrogens (tertiary/aromatic N) is 1. The van der Waals surface area contributed by atoms with Crippen LogP contribution in [0.3, 0.4) is 0 Å². The number of rotatable bonds is 4. The Labute approximate surface area is 110 Å². The average molecular weight is 298 g/mol. The quantitative estimate of drug-likeness (QED) is 0.929. The molecule has 4 heteroatoms. The van der Waals surface area contributed by atoms with Crippen LogP contribution < -0.4 is 0 Å². The third-order valence-corrected chi connectivity index (χ3v) is 4.07. The average Bonchev–Trinajstić information content (AvgIpc) is 2.22. The Balaban J connectivity index is 1.93. The monoisotopic (exact) mass is 297 g/mol. The fourth-order valence-corrected chi connectivity index (χ4v) is 2.93. The first-order valence-electron chi connectivity index (χ1n) is 5.78. The number of carboxylic acids is 1. The Morgan fingerprint density at radius 1 is 1.53 bits per heavy atom. The van der Waals surface area contributed by atoms with Crippen LogP contribution >= 0.6 is 15.9 Å². The Morgan fingerprint density at radius 3 is 2.76 bits per heavy atom. The molecule has 0 amide bonds. The van der Waals surface area contributed by atoms with Crippen LogP contribution in [0.15, 0.2) is 28.7 Å². The molecule has 1 heterocycles. The molecule has 1 aromatic rings. The molecule has 0 radical (unpaired) electrons. The third-order valence-electron chi connectivity index (χ3n) is 3.35. The second kappa shape index (κ2) is 5.19. The second-order valence-corrected chi connectivity index (χ2v) is 5.47. The molecule has 1 N–H and O–H groups in total. The van der Waals surface area contributed by atoms with Gasteiger partial charge in [0.15, 0.2) is 0 Å². The lowest BCUT2D eigenvalue weighted by molar-refractivity contribution is -0.139. The highest BCUT2D eigenvalue weighted by molar-refractivity contribution is 9.10. The van der Waals surface area contributed by atoms with Gasteiger partial charge in [-0.1, -0.05) is 34.1 Å². The molecule has 0 spiro atoms. The van der Waals surface area contributed by atoms with Crippen LogP contribution in [-0.2, 0) is 4.79 Å². The van der Waals surface area contributed by atoms with E-state index in [9.17, 15) is 4.79 Å². The molecule has 3 nitrogen and oxygen atoms in total. The normalized spacial score (nSPS) is 18.7. The fraction of sp³-hybridized carbons (Fsp3) is 0.462.